The van der Waals surface area contributed by atoms with Gasteiger partial charge in [-0.2, -0.15) is 11.8 Å². The van der Waals surface area contributed by atoms with E-state index in [0.29, 0.717) is 23.7 Å². The number of carbonyl (C=O) groups is 2. The Bertz CT molecular complexity index is 454. The molecule has 0 spiro atoms. The van der Waals surface area contributed by atoms with Crippen LogP contribution in [0.4, 0.5) is 0 Å². The summed E-state index contributed by atoms with van der Waals surface area (Å²) in [6.45, 7) is 0.528. The van der Waals surface area contributed by atoms with Gasteiger partial charge in [-0.25, -0.2) is 0 Å². The second-order valence-corrected chi connectivity index (χ2v) is 5.69. The molecule has 2 amide bonds. The topological polar surface area (TPSA) is 63.4 Å². The molecule has 1 rings (SSSR count). The summed E-state index contributed by atoms with van der Waals surface area (Å²) in [5.74, 6) is 0.536. The van der Waals surface area contributed by atoms with Crippen molar-refractivity contribution in [2.45, 2.75) is 13.0 Å². The largest absolute Gasteiger partial charge is 0.369 e. The highest BCUT2D eigenvalue weighted by atomic mass is 35.5. The van der Waals surface area contributed by atoms with Crippen LogP contribution < -0.4 is 5.73 Å². The van der Waals surface area contributed by atoms with Crippen LogP contribution in [0.3, 0.4) is 0 Å². The van der Waals surface area contributed by atoms with Crippen molar-refractivity contribution in [2.24, 2.45) is 5.73 Å². The van der Waals surface area contributed by atoms with E-state index in [1.165, 1.54) is 11.8 Å². The summed E-state index contributed by atoms with van der Waals surface area (Å²) in [5, 5.41) is 0.662. The van der Waals surface area contributed by atoms with Crippen LogP contribution in [-0.4, -0.2) is 35.3 Å². The van der Waals surface area contributed by atoms with Crippen molar-refractivity contribution in [2.75, 3.05) is 18.6 Å². The van der Waals surface area contributed by atoms with Crippen LogP contribution in [0.2, 0.25) is 5.02 Å². The van der Waals surface area contributed by atoms with E-state index in [9.17, 15) is 9.59 Å². The smallest absolute Gasteiger partial charge is 0.227 e. The average Bonchev–Trinajstić information content (AvgIpc) is 2.34. The van der Waals surface area contributed by atoms with Crippen molar-refractivity contribution in [3.05, 3.63) is 34.9 Å². The number of hydrogen-bond acceptors (Lipinski definition) is 3. The Morgan fingerprint density at radius 3 is 2.79 bits per heavy atom. The highest BCUT2D eigenvalue weighted by Crippen LogP contribution is 2.13. The van der Waals surface area contributed by atoms with E-state index in [0.717, 1.165) is 5.56 Å². The van der Waals surface area contributed by atoms with E-state index >= 15 is 0 Å². The minimum atomic E-state index is -0.357. The van der Waals surface area contributed by atoms with Crippen LogP contribution in [0, 0.1) is 0 Å². The fourth-order valence-electron chi connectivity index (χ4n) is 1.52. The molecule has 0 atom stereocenters. The number of rotatable bonds is 7. The molecular weight excluding hydrogens is 284 g/mol. The number of carbonyl (C=O) groups excluding carboxylic acids is 2. The Balaban J connectivity index is 2.34. The molecule has 0 heterocycles. The normalized spacial score (nSPS) is 10.2. The van der Waals surface area contributed by atoms with Gasteiger partial charge in [0.05, 0.1) is 5.75 Å². The summed E-state index contributed by atoms with van der Waals surface area (Å²) in [7, 11) is 1.75. The van der Waals surface area contributed by atoms with E-state index in [1.807, 2.05) is 18.2 Å². The lowest BCUT2D eigenvalue weighted by Gasteiger charge is -2.17. The Morgan fingerprint density at radius 2 is 2.16 bits per heavy atom. The molecule has 1 aromatic rings. The SMILES string of the molecule is CN(Cc1cccc(Cl)c1)C(=O)CCSCC(N)=O. The Hall–Kier alpha value is -1.20. The first kappa shape index (κ1) is 15.9. The molecule has 0 aliphatic rings. The standard InChI is InChI=1S/C13H17ClN2O2S/c1-16(8-10-3-2-4-11(14)7-10)13(18)5-6-19-9-12(15)17/h2-4,7H,5-6,8-9H2,1H3,(H2,15,17). The predicted molar refractivity (Wildman–Crippen MR) is 79.1 cm³/mol. The van der Waals surface area contributed by atoms with E-state index in [2.05, 4.69) is 0 Å². The minimum absolute atomic E-state index is 0.0388. The van der Waals surface area contributed by atoms with Gasteiger partial charge in [0.1, 0.15) is 0 Å². The first-order valence-corrected chi connectivity index (χ1v) is 7.36. The summed E-state index contributed by atoms with van der Waals surface area (Å²) in [4.78, 5) is 24.0. The molecular formula is C13H17ClN2O2S. The van der Waals surface area contributed by atoms with Gasteiger partial charge in [-0.3, -0.25) is 9.59 Å². The van der Waals surface area contributed by atoms with E-state index in [1.54, 1.807) is 18.0 Å². The second-order valence-electron chi connectivity index (χ2n) is 4.15. The van der Waals surface area contributed by atoms with Gasteiger partial charge in [-0.1, -0.05) is 23.7 Å². The molecule has 0 bridgehead atoms. The van der Waals surface area contributed by atoms with Crippen molar-refractivity contribution in [3.63, 3.8) is 0 Å². The number of halogens is 1. The summed E-state index contributed by atoms with van der Waals surface area (Å²) >= 11 is 7.26. The Kier molecular flexibility index (Phi) is 6.73. The maximum absolute atomic E-state index is 11.8. The van der Waals surface area contributed by atoms with Crippen molar-refractivity contribution >= 4 is 35.2 Å². The van der Waals surface area contributed by atoms with E-state index in [4.69, 9.17) is 17.3 Å². The molecule has 6 heteroatoms. The van der Waals surface area contributed by atoms with Gasteiger partial charge in [0.15, 0.2) is 0 Å². The summed E-state index contributed by atoms with van der Waals surface area (Å²) < 4.78 is 0. The lowest BCUT2D eigenvalue weighted by atomic mass is 10.2. The molecule has 0 aliphatic carbocycles. The van der Waals surface area contributed by atoms with Crippen molar-refractivity contribution < 1.29 is 9.59 Å². The van der Waals surface area contributed by atoms with Gasteiger partial charge in [0.2, 0.25) is 11.8 Å². The summed E-state index contributed by atoms with van der Waals surface area (Å²) in [5.41, 5.74) is 6.01. The van der Waals surface area contributed by atoms with E-state index < -0.39 is 0 Å². The monoisotopic (exact) mass is 300 g/mol. The lowest BCUT2D eigenvalue weighted by molar-refractivity contribution is -0.130. The van der Waals surface area contributed by atoms with Gasteiger partial charge in [0, 0.05) is 30.8 Å². The Labute approximate surface area is 122 Å². The van der Waals surface area contributed by atoms with Gasteiger partial charge >= 0.3 is 0 Å². The number of hydrogen-bond donors (Lipinski definition) is 1. The zero-order chi connectivity index (χ0) is 14.3. The van der Waals surface area contributed by atoms with Crippen molar-refractivity contribution in [3.8, 4) is 0 Å². The molecule has 19 heavy (non-hydrogen) atoms. The molecule has 0 aliphatic heterocycles. The predicted octanol–water partition coefficient (Wildman–Crippen LogP) is 1.91. The van der Waals surface area contributed by atoms with Gasteiger partial charge < -0.3 is 10.6 Å². The molecule has 1 aromatic carbocycles. The molecule has 2 N–H and O–H groups in total. The number of thioether (sulfide) groups is 1. The van der Waals surface area contributed by atoms with Gasteiger partial charge in [-0.15, -0.1) is 0 Å². The number of nitrogens with two attached hydrogens (primary N) is 1. The zero-order valence-corrected chi connectivity index (χ0v) is 12.3. The van der Waals surface area contributed by atoms with Crippen LogP contribution in [0.25, 0.3) is 0 Å². The Morgan fingerprint density at radius 1 is 1.42 bits per heavy atom. The molecule has 0 unspecified atom stereocenters. The van der Waals surface area contributed by atoms with Crippen LogP contribution >= 0.6 is 23.4 Å². The lowest BCUT2D eigenvalue weighted by Crippen LogP contribution is -2.26. The summed E-state index contributed by atoms with van der Waals surface area (Å²) in [6.07, 6.45) is 0.398. The summed E-state index contributed by atoms with van der Waals surface area (Å²) in [6, 6.07) is 7.43. The molecule has 0 saturated heterocycles. The fourth-order valence-corrected chi connectivity index (χ4v) is 2.40. The number of amides is 2. The van der Waals surface area contributed by atoms with Crippen LogP contribution in [0.15, 0.2) is 24.3 Å². The average molecular weight is 301 g/mol. The van der Waals surface area contributed by atoms with Crippen molar-refractivity contribution in [1.29, 1.82) is 0 Å². The second kappa shape index (κ2) is 8.07. The number of benzene rings is 1. The number of nitrogens with zero attached hydrogens (tertiary/aromatic N) is 1. The molecule has 0 saturated carbocycles. The maximum atomic E-state index is 11.8. The van der Waals surface area contributed by atoms with Crippen LogP contribution in [-0.2, 0) is 16.1 Å². The van der Waals surface area contributed by atoms with Crippen LogP contribution in [0.5, 0.6) is 0 Å². The third-order valence-corrected chi connectivity index (χ3v) is 3.66. The van der Waals surface area contributed by atoms with E-state index in [-0.39, 0.29) is 17.6 Å². The number of primary amides is 1. The quantitative estimate of drug-likeness (QED) is 0.782. The third kappa shape index (κ3) is 6.50. The molecule has 0 fully saturated rings. The van der Waals surface area contributed by atoms with Crippen molar-refractivity contribution in [1.82, 2.24) is 4.90 Å². The first-order valence-electron chi connectivity index (χ1n) is 5.83. The van der Waals surface area contributed by atoms with Gasteiger partial charge in [0.25, 0.3) is 0 Å². The fraction of sp³-hybridized carbons (Fsp3) is 0.385. The first-order chi connectivity index (χ1) is 8.99. The maximum Gasteiger partial charge on any atom is 0.227 e. The molecule has 4 nitrogen and oxygen atoms in total. The van der Waals surface area contributed by atoms with Gasteiger partial charge in [-0.05, 0) is 17.7 Å². The minimum Gasteiger partial charge on any atom is -0.369 e. The molecule has 104 valence electrons. The highest BCUT2D eigenvalue weighted by molar-refractivity contribution is 7.99. The molecule has 0 radical (unpaired) electrons. The zero-order valence-electron chi connectivity index (χ0n) is 10.8. The molecule has 0 aromatic heterocycles. The van der Waals surface area contributed by atoms with Crippen LogP contribution in [0.1, 0.15) is 12.0 Å². The third-order valence-electron chi connectivity index (χ3n) is 2.44. The highest BCUT2D eigenvalue weighted by Gasteiger charge is 2.09.